The van der Waals surface area contributed by atoms with Crippen molar-refractivity contribution in [1.82, 2.24) is 0 Å². The fourth-order valence-corrected chi connectivity index (χ4v) is 5.85. The minimum absolute atomic E-state index is 0.371. The maximum absolute atomic E-state index is 5.43. The summed E-state index contributed by atoms with van der Waals surface area (Å²) in [4.78, 5) is 10.6. The second kappa shape index (κ2) is 12.8. The molecule has 0 aliphatic heterocycles. The Bertz CT molecular complexity index is 1460. The van der Waals surface area contributed by atoms with Crippen LogP contribution in [0, 0.1) is 0 Å². The molecule has 7 heteroatoms. The predicted molar refractivity (Wildman–Crippen MR) is 171 cm³/mol. The molecule has 0 amide bonds. The molecule has 4 aromatic carbocycles. The van der Waals surface area contributed by atoms with Crippen LogP contribution in [0.25, 0.3) is 10.8 Å². The number of hydrogen-bond donors (Lipinski definition) is 0. The van der Waals surface area contributed by atoms with Crippen LogP contribution >= 0.6 is 60.3 Å². The Labute approximate surface area is 256 Å². The van der Waals surface area contributed by atoms with Crippen LogP contribution < -0.4 is 0 Å². The fourth-order valence-electron chi connectivity index (χ4n) is 4.68. The topological polar surface area (TPSA) is 24.7 Å². The summed E-state index contributed by atoms with van der Waals surface area (Å²) >= 11 is 13.4. The zero-order chi connectivity index (χ0) is 26.7. The number of nitrogens with zero attached hydrogens (tertiary/aromatic N) is 2. The third-order valence-electron chi connectivity index (χ3n) is 6.37. The predicted octanol–water partition coefficient (Wildman–Crippen LogP) is 11.6. The van der Waals surface area contributed by atoms with Crippen molar-refractivity contribution in [3.05, 3.63) is 104 Å². The first kappa shape index (κ1) is 28.9. The molecule has 0 spiro atoms. The van der Waals surface area contributed by atoms with Gasteiger partial charge in [0.15, 0.2) is 0 Å². The molecule has 4 aromatic rings. The maximum atomic E-state index is 5.43. The first-order valence-corrected chi connectivity index (χ1v) is 18.3. The van der Waals surface area contributed by atoms with Gasteiger partial charge >= 0.3 is 39.3 Å². The van der Waals surface area contributed by atoms with Crippen molar-refractivity contribution in [2.45, 2.75) is 39.5 Å². The molecular formula is C30H26Br4N2Ni. The monoisotopic (exact) mass is 788 g/mol. The molecule has 0 saturated carbocycles. The Morgan fingerprint density at radius 3 is 1.46 bits per heavy atom. The molecule has 0 aromatic heterocycles. The zero-order valence-electron chi connectivity index (χ0n) is 20.8. The van der Waals surface area contributed by atoms with E-state index in [9.17, 15) is 0 Å². The number of para-hydroxylation sites is 2. The molecule has 37 heavy (non-hydrogen) atoms. The van der Waals surface area contributed by atoms with Gasteiger partial charge in [0.25, 0.3) is 0 Å². The van der Waals surface area contributed by atoms with Crippen LogP contribution in [-0.2, 0) is 10.9 Å². The van der Waals surface area contributed by atoms with Crippen molar-refractivity contribution in [2.24, 2.45) is 9.98 Å². The van der Waals surface area contributed by atoms with E-state index < -0.39 is 0 Å². The standard InChI is InChI=1S/C30H26Br2N2.2BrH.Ni/c1-17(2)20-11-7-12-21(18(3)4)27(20)33-28-22-13-5-9-19-10-6-14-23(26(19)22)29(28)34-30-24(31)15-8-16-25(30)32;;;/h5-18H,1-4H3;2*1H;/q;;;+2/p-2. The summed E-state index contributed by atoms with van der Waals surface area (Å²) in [6.45, 7) is 8.95. The summed E-state index contributed by atoms with van der Waals surface area (Å²) in [6.07, 6.45) is 0. The second-order valence-corrected chi connectivity index (χ2v) is 16.0. The van der Waals surface area contributed by atoms with Gasteiger partial charge in [0.05, 0.1) is 22.8 Å². The molecule has 0 atom stereocenters. The molecule has 0 radical (unpaired) electrons. The van der Waals surface area contributed by atoms with Crippen molar-refractivity contribution < 1.29 is 10.9 Å². The van der Waals surface area contributed by atoms with E-state index in [-0.39, 0.29) is 0 Å². The number of rotatable bonds is 4. The molecule has 2 nitrogen and oxygen atoms in total. The Kier molecular flexibility index (Phi) is 10.0. The number of aliphatic imine (C=N–C) groups is 2. The third-order valence-corrected chi connectivity index (χ3v) is 7.65. The van der Waals surface area contributed by atoms with E-state index in [0.29, 0.717) is 11.8 Å². The fraction of sp³-hybridized carbons (Fsp3) is 0.200. The Balaban J connectivity index is 0.00000102. The first-order valence-electron chi connectivity index (χ1n) is 11.9. The quantitative estimate of drug-likeness (QED) is 0.184. The summed E-state index contributed by atoms with van der Waals surface area (Å²) in [6, 6.07) is 25.5. The van der Waals surface area contributed by atoms with Gasteiger partial charge in [-0.3, -0.25) is 0 Å². The van der Waals surface area contributed by atoms with Crippen LogP contribution in [0.5, 0.6) is 0 Å². The molecule has 194 valence electrons. The molecule has 1 aliphatic rings. The van der Waals surface area contributed by atoms with Gasteiger partial charge in [-0.15, -0.1) is 0 Å². The van der Waals surface area contributed by atoms with Gasteiger partial charge in [-0.05, 0) is 72.3 Å². The van der Waals surface area contributed by atoms with Crippen molar-refractivity contribution >= 4 is 93.9 Å². The normalized spacial score (nSPS) is 14.8. The van der Waals surface area contributed by atoms with Crippen molar-refractivity contribution in [2.75, 3.05) is 0 Å². The number of hydrogen-bond acceptors (Lipinski definition) is 2. The number of benzene rings is 4. The van der Waals surface area contributed by atoms with E-state index in [1.54, 1.807) is 0 Å². The summed E-state index contributed by atoms with van der Waals surface area (Å²) in [5, 5.41) is 2.43. The summed E-state index contributed by atoms with van der Waals surface area (Å²) in [5.74, 6) is 0.742. The van der Waals surface area contributed by atoms with E-state index >= 15 is 0 Å². The van der Waals surface area contributed by atoms with Crippen LogP contribution in [0.3, 0.4) is 0 Å². The molecule has 0 N–H and O–H groups in total. The molecule has 0 fully saturated rings. The van der Waals surface area contributed by atoms with Gasteiger partial charge in [-0.25, -0.2) is 9.98 Å². The van der Waals surface area contributed by atoms with Crippen molar-refractivity contribution in [3.8, 4) is 0 Å². The van der Waals surface area contributed by atoms with Gasteiger partial charge in [-0.1, -0.05) is 88.4 Å². The first-order chi connectivity index (χ1) is 17.8. The van der Waals surface area contributed by atoms with Crippen molar-refractivity contribution in [1.29, 1.82) is 0 Å². The average Bonchev–Trinajstić information content (AvgIpc) is 3.16. The molecule has 5 rings (SSSR count). The second-order valence-electron chi connectivity index (χ2n) is 9.34. The van der Waals surface area contributed by atoms with E-state index in [1.807, 2.05) is 18.2 Å². The Morgan fingerprint density at radius 1 is 0.595 bits per heavy atom. The van der Waals surface area contributed by atoms with Gasteiger partial charge in [0, 0.05) is 25.5 Å². The van der Waals surface area contributed by atoms with Gasteiger partial charge < -0.3 is 0 Å². The van der Waals surface area contributed by atoms with Crippen molar-refractivity contribution in [3.63, 3.8) is 0 Å². The zero-order valence-corrected chi connectivity index (χ0v) is 28.1. The van der Waals surface area contributed by atoms with E-state index in [1.165, 1.54) is 32.8 Å². The third kappa shape index (κ3) is 6.07. The van der Waals surface area contributed by atoms with E-state index in [4.69, 9.17) is 9.98 Å². The summed E-state index contributed by atoms with van der Waals surface area (Å²) < 4.78 is 1.89. The van der Waals surface area contributed by atoms with Crippen LogP contribution in [-0.4, -0.2) is 11.4 Å². The summed E-state index contributed by atoms with van der Waals surface area (Å²) in [5.41, 5.74) is 8.59. The minimum atomic E-state index is 0.371. The Hall–Kier alpha value is -1.11. The molecule has 0 unspecified atom stereocenters. The van der Waals surface area contributed by atoms with Crippen LogP contribution in [0.15, 0.2) is 91.7 Å². The molecule has 1 aliphatic carbocycles. The molecular weight excluding hydrogens is 767 g/mol. The average molecular weight is 793 g/mol. The van der Waals surface area contributed by atoms with Crippen LogP contribution in [0.1, 0.15) is 61.8 Å². The Morgan fingerprint density at radius 2 is 1.00 bits per heavy atom. The van der Waals surface area contributed by atoms with Gasteiger partial charge in [0.1, 0.15) is 0 Å². The molecule has 0 saturated heterocycles. The molecule has 0 heterocycles. The van der Waals surface area contributed by atoms with Gasteiger partial charge in [0.2, 0.25) is 0 Å². The SMILES string of the molecule is CC(C)c1cccc(C(C)C)c1N=C1C(=Nc2c(Br)cccc2Br)c2cccc3cccc1c23.[Br][Ni][Br]. The van der Waals surface area contributed by atoms with Gasteiger partial charge in [-0.2, -0.15) is 0 Å². The molecule has 0 bridgehead atoms. The number of halogens is 4. The van der Waals surface area contributed by atoms with E-state index in [2.05, 4.69) is 143 Å². The van der Waals surface area contributed by atoms with Crippen LogP contribution in [0.2, 0.25) is 0 Å². The van der Waals surface area contributed by atoms with Crippen LogP contribution in [0.4, 0.5) is 11.4 Å². The summed E-state index contributed by atoms with van der Waals surface area (Å²) in [7, 11) is 1.25. The van der Waals surface area contributed by atoms with E-state index in [0.717, 1.165) is 42.9 Å².